The van der Waals surface area contributed by atoms with Gasteiger partial charge >= 0.3 is 0 Å². The van der Waals surface area contributed by atoms with Crippen LogP contribution in [0.5, 0.6) is 0 Å². The van der Waals surface area contributed by atoms with Crippen LogP contribution in [0.2, 0.25) is 0 Å². The summed E-state index contributed by atoms with van der Waals surface area (Å²) in [7, 11) is -3.71. The van der Waals surface area contributed by atoms with Gasteiger partial charge in [-0.05, 0) is 38.5 Å². The first-order chi connectivity index (χ1) is 9.35. The summed E-state index contributed by atoms with van der Waals surface area (Å²) in [5.41, 5.74) is 7.64. The molecule has 2 rings (SSSR count). The molecule has 0 atom stereocenters. The number of sulfonamides is 1. The van der Waals surface area contributed by atoms with Crippen molar-refractivity contribution in [2.24, 2.45) is 5.73 Å². The molecule has 3 N–H and O–H groups in total. The molecule has 0 saturated heterocycles. The maximum atomic E-state index is 12.5. The van der Waals surface area contributed by atoms with Gasteiger partial charge in [0.2, 0.25) is 0 Å². The van der Waals surface area contributed by atoms with Crippen molar-refractivity contribution in [2.45, 2.75) is 32.2 Å². The van der Waals surface area contributed by atoms with Crippen LogP contribution in [-0.2, 0) is 16.6 Å². The monoisotopic (exact) mass is 294 g/mol. The zero-order valence-corrected chi connectivity index (χ0v) is 12.5. The van der Waals surface area contributed by atoms with Crippen molar-refractivity contribution in [1.29, 1.82) is 0 Å². The summed E-state index contributed by atoms with van der Waals surface area (Å²) < 4.78 is 32.9. The second kappa shape index (κ2) is 5.30. The fourth-order valence-corrected chi connectivity index (χ4v) is 3.72. The van der Waals surface area contributed by atoms with Crippen LogP contribution in [-0.4, -0.2) is 8.42 Å². The van der Waals surface area contributed by atoms with Gasteiger partial charge in [0.15, 0.2) is 0 Å². The Morgan fingerprint density at radius 3 is 2.50 bits per heavy atom. The number of hydrogen-bond donors (Lipinski definition) is 2. The van der Waals surface area contributed by atoms with E-state index in [1.807, 2.05) is 13.0 Å². The number of nitrogens with two attached hydrogens (primary N) is 1. The molecule has 0 aliphatic rings. The predicted octanol–water partition coefficient (Wildman–Crippen LogP) is 2.46. The molecule has 0 aliphatic carbocycles. The highest BCUT2D eigenvalue weighted by molar-refractivity contribution is 7.92. The summed E-state index contributed by atoms with van der Waals surface area (Å²) in [5.74, 6) is 0.887. The summed E-state index contributed by atoms with van der Waals surface area (Å²) in [4.78, 5) is 0.138. The summed E-state index contributed by atoms with van der Waals surface area (Å²) >= 11 is 0. The number of aryl methyl sites for hydroxylation is 3. The van der Waals surface area contributed by atoms with E-state index in [1.54, 1.807) is 32.0 Å². The van der Waals surface area contributed by atoms with Gasteiger partial charge in [0, 0.05) is 17.8 Å². The van der Waals surface area contributed by atoms with Crippen molar-refractivity contribution >= 4 is 15.7 Å². The van der Waals surface area contributed by atoms with Crippen LogP contribution in [0.25, 0.3) is 0 Å². The highest BCUT2D eigenvalue weighted by atomic mass is 32.2. The molecule has 2 aromatic rings. The van der Waals surface area contributed by atoms with Crippen molar-refractivity contribution in [2.75, 3.05) is 4.72 Å². The normalized spacial score (nSPS) is 11.6. The number of rotatable bonds is 4. The number of furan rings is 1. The molecule has 0 amide bonds. The smallest absolute Gasteiger partial charge is 0.265 e. The molecule has 0 radical (unpaired) electrons. The molecule has 5 nitrogen and oxygen atoms in total. The van der Waals surface area contributed by atoms with Gasteiger partial charge in [-0.1, -0.05) is 12.1 Å². The van der Waals surface area contributed by atoms with Gasteiger partial charge in [-0.25, -0.2) is 8.42 Å². The molecule has 108 valence electrons. The van der Waals surface area contributed by atoms with Gasteiger partial charge in [0.25, 0.3) is 10.0 Å². The Labute approximate surface area is 118 Å². The number of anilines is 1. The van der Waals surface area contributed by atoms with Crippen LogP contribution in [0.1, 0.15) is 22.6 Å². The lowest BCUT2D eigenvalue weighted by Crippen LogP contribution is -2.16. The van der Waals surface area contributed by atoms with Crippen molar-refractivity contribution in [1.82, 2.24) is 0 Å². The second-order valence-electron chi connectivity index (χ2n) is 4.70. The quantitative estimate of drug-likeness (QED) is 0.907. The van der Waals surface area contributed by atoms with Crippen LogP contribution < -0.4 is 10.5 Å². The zero-order valence-electron chi connectivity index (χ0n) is 11.7. The Hall–Kier alpha value is -1.79. The van der Waals surface area contributed by atoms with E-state index in [2.05, 4.69) is 4.72 Å². The Balaban J connectivity index is 2.46. The van der Waals surface area contributed by atoms with Gasteiger partial charge in [0.1, 0.15) is 16.4 Å². The zero-order chi connectivity index (χ0) is 14.9. The van der Waals surface area contributed by atoms with Crippen LogP contribution in [0.15, 0.2) is 33.6 Å². The van der Waals surface area contributed by atoms with Crippen molar-refractivity contribution in [3.63, 3.8) is 0 Å². The summed E-state index contributed by atoms with van der Waals surface area (Å²) in [6, 6.07) is 7.16. The number of nitrogens with one attached hydrogen (secondary N) is 1. The van der Waals surface area contributed by atoms with Crippen molar-refractivity contribution in [3.05, 3.63) is 46.9 Å². The summed E-state index contributed by atoms with van der Waals surface area (Å²) in [6.07, 6.45) is 0. The molecule has 0 saturated carbocycles. The highest BCUT2D eigenvalue weighted by Crippen LogP contribution is 2.28. The molecule has 20 heavy (non-hydrogen) atoms. The molecule has 1 heterocycles. The Bertz CT molecular complexity index is 733. The second-order valence-corrected chi connectivity index (χ2v) is 6.32. The molecule has 0 unspecified atom stereocenters. The van der Waals surface area contributed by atoms with E-state index in [0.29, 0.717) is 22.8 Å². The van der Waals surface area contributed by atoms with E-state index in [9.17, 15) is 8.42 Å². The average Bonchev–Trinajstić information content (AvgIpc) is 2.63. The van der Waals surface area contributed by atoms with Gasteiger partial charge < -0.3 is 10.2 Å². The minimum Gasteiger partial charge on any atom is -0.465 e. The van der Waals surface area contributed by atoms with Crippen LogP contribution >= 0.6 is 0 Å². The third-order valence-electron chi connectivity index (χ3n) is 3.07. The SMILES string of the molecule is Cc1cccc(NS(=O)(=O)c2c(C)oc(C)c2CN)c1. The first kappa shape index (κ1) is 14.6. The predicted molar refractivity (Wildman–Crippen MR) is 78.1 cm³/mol. The maximum Gasteiger partial charge on any atom is 0.265 e. The van der Waals surface area contributed by atoms with E-state index in [-0.39, 0.29) is 11.4 Å². The molecule has 0 bridgehead atoms. The molecular formula is C14H18N2O3S. The van der Waals surface area contributed by atoms with Crippen LogP contribution in [0.4, 0.5) is 5.69 Å². The van der Waals surface area contributed by atoms with Crippen molar-refractivity contribution in [3.8, 4) is 0 Å². The van der Waals surface area contributed by atoms with E-state index in [1.165, 1.54) is 0 Å². The average molecular weight is 294 g/mol. The molecule has 1 aromatic carbocycles. The van der Waals surface area contributed by atoms with Gasteiger partial charge in [-0.3, -0.25) is 4.72 Å². The summed E-state index contributed by atoms with van der Waals surface area (Å²) in [6.45, 7) is 5.35. The molecule has 1 aromatic heterocycles. The highest BCUT2D eigenvalue weighted by Gasteiger charge is 2.26. The van der Waals surface area contributed by atoms with Crippen LogP contribution in [0.3, 0.4) is 0 Å². The van der Waals surface area contributed by atoms with Gasteiger partial charge in [0.05, 0.1) is 0 Å². The molecule has 6 heteroatoms. The Kier molecular flexibility index (Phi) is 3.87. The minimum atomic E-state index is -3.71. The fraction of sp³-hybridized carbons (Fsp3) is 0.286. The molecule has 0 spiro atoms. The topological polar surface area (TPSA) is 85.3 Å². The Morgan fingerprint density at radius 1 is 1.20 bits per heavy atom. The van der Waals surface area contributed by atoms with Gasteiger partial charge in [-0.15, -0.1) is 0 Å². The summed E-state index contributed by atoms with van der Waals surface area (Å²) in [5, 5.41) is 0. The lowest BCUT2D eigenvalue weighted by atomic mass is 10.2. The standard InChI is InChI=1S/C14H18N2O3S/c1-9-5-4-6-12(7-9)16-20(17,18)14-11(3)19-10(2)13(14)8-15/h4-7,16H,8,15H2,1-3H3. The largest absolute Gasteiger partial charge is 0.465 e. The first-order valence-corrected chi connectivity index (χ1v) is 7.72. The lowest BCUT2D eigenvalue weighted by molar-refractivity contribution is 0.494. The number of benzene rings is 1. The maximum absolute atomic E-state index is 12.5. The van der Waals surface area contributed by atoms with E-state index < -0.39 is 10.0 Å². The van der Waals surface area contributed by atoms with Crippen molar-refractivity contribution < 1.29 is 12.8 Å². The third kappa shape index (κ3) is 2.71. The lowest BCUT2D eigenvalue weighted by Gasteiger charge is -2.09. The van der Waals surface area contributed by atoms with E-state index in [0.717, 1.165) is 5.56 Å². The van der Waals surface area contributed by atoms with Gasteiger partial charge in [-0.2, -0.15) is 0 Å². The fourth-order valence-electron chi connectivity index (χ4n) is 2.21. The van der Waals surface area contributed by atoms with E-state index >= 15 is 0 Å². The molecule has 0 aliphatic heterocycles. The van der Waals surface area contributed by atoms with Crippen LogP contribution in [0, 0.1) is 20.8 Å². The minimum absolute atomic E-state index is 0.118. The molecular weight excluding hydrogens is 276 g/mol. The first-order valence-electron chi connectivity index (χ1n) is 6.23. The molecule has 0 fully saturated rings. The number of hydrogen-bond acceptors (Lipinski definition) is 4. The van der Waals surface area contributed by atoms with E-state index in [4.69, 9.17) is 10.2 Å². The third-order valence-corrected chi connectivity index (χ3v) is 4.64. The Morgan fingerprint density at radius 2 is 1.90 bits per heavy atom.